The first-order valence-corrected chi connectivity index (χ1v) is 9.98. The molecule has 1 aliphatic rings. The van der Waals surface area contributed by atoms with Crippen LogP contribution >= 0.6 is 0 Å². The predicted octanol–water partition coefficient (Wildman–Crippen LogP) is 2.37. The highest BCUT2D eigenvalue weighted by molar-refractivity contribution is 5.97. The minimum atomic E-state index is -1.36. The zero-order chi connectivity index (χ0) is 20.6. The van der Waals surface area contributed by atoms with Gasteiger partial charge in [-0.05, 0) is 30.4 Å². The number of carbonyl (C=O) groups excluding carboxylic acids is 2. The predicted molar refractivity (Wildman–Crippen MR) is 112 cm³/mol. The van der Waals surface area contributed by atoms with Crippen molar-refractivity contribution < 1.29 is 14.7 Å². The third-order valence-corrected chi connectivity index (χ3v) is 5.32. The molecule has 1 radical (unpaired) electrons. The Morgan fingerprint density at radius 1 is 1.03 bits per heavy atom. The number of urea groups is 1. The van der Waals surface area contributed by atoms with E-state index in [1.165, 1.54) is 12.0 Å². The lowest BCUT2D eigenvalue weighted by Crippen LogP contribution is -2.54. The van der Waals surface area contributed by atoms with Gasteiger partial charge in [0, 0.05) is 32.1 Å². The SMILES string of the molecule is NC(=O)N(C(=O)[C@@H](O)[CH]Cc1ccccc1)C1CCN(Cc2ccccc2)CC1. The molecule has 3 N–H and O–H groups in total. The highest BCUT2D eigenvalue weighted by Gasteiger charge is 2.34. The smallest absolute Gasteiger partial charge is 0.321 e. The van der Waals surface area contributed by atoms with E-state index in [0.717, 1.165) is 30.1 Å². The maximum absolute atomic E-state index is 12.7. The van der Waals surface area contributed by atoms with Crippen LogP contribution in [0.2, 0.25) is 0 Å². The fraction of sp³-hybridized carbons (Fsp3) is 0.348. The molecule has 1 fully saturated rings. The summed E-state index contributed by atoms with van der Waals surface area (Å²) < 4.78 is 0. The van der Waals surface area contributed by atoms with Gasteiger partial charge in [-0.1, -0.05) is 60.7 Å². The molecule has 0 saturated carbocycles. The van der Waals surface area contributed by atoms with Gasteiger partial charge in [0.2, 0.25) is 0 Å². The lowest BCUT2D eigenvalue weighted by Gasteiger charge is -2.37. The molecule has 3 amide bonds. The second-order valence-corrected chi connectivity index (χ2v) is 7.41. The van der Waals surface area contributed by atoms with E-state index >= 15 is 0 Å². The first kappa shape index (κ1) is 21.0. The Labute approximate surface area is 171 Å². The number of hydrogen-bond acceptors (Lipinski definition) is 4. The van der Waals surface area contributed by atoms with Crippen molar-refractivity contribution in [2.75, 3.05) is 13.1 Å². The minimum Gasteiger partial charge on any atom is -0.383 e. The van der Waals surface area contributed by atoms with Gasteiger partial charge in [0.1, 0.15) is 6.10 Å². The quantitative estimate of drug-likeness (QED) is 0.755. The molecule has 1 heterocycles. The Morgan fingerprint density at radius 2 is 1.59 bits per heavy atom. The van der Waals surface area contributed by atoms with Crippen LogP contribution in [-0.2, 0) is 17.8 Å². The summed E-state index contributed by atoms with van der Waals surface area (Å²) in [5.41, 5.74) is 7.72. The van der Waals surface area contributed by atoms with Gasteiger partial charge in [0.25, 0.3) is 5.91 Å². The van der Waals surface area contributed by atoms with Crippen LogP contribution in [0.15, 0.2) is 60.7 Å². The van der Waals surface area contributed by atoms with Gasteiger partial charge in [-0.3, -0.25) is 14.6 Å². The van der Waals surface area contributed by atoms with Gasteiger partial charge >= 0.3 is 6.03 Å². The molecule has 0 aliphatic carbocycles. The zero-order valence-corrected chi connectivity index (χ0v) is 16.5. The third kappa shape index (κ3) is 5.89. The van der Waals surface area contributed by atoms with Crippen LogP contribution in [0.1, 0.15) is 24.0 Å². The van der Waals surface area contributed by atoms with Crippen LogP contribution in [0.25, 0.3) is 0 Å². The largest absolute Gasteiger partial charge is 0.383 e. The van der Waals surface area contributed by atoms with Crippen molar-refractivity contribution in [3.63, 3.8) is 0 Å². The molecule has 0 bridgehead atoms. The molecular formula is C23H28N3O3. The summed E-state index contributed by atoms with van der Waals surface area (Å²) in [6.45, 7) is 2.37. The average molecular weight is 394 g/mol. The Hall–Kier alpha value is -2.70. The van der Waals surface area contributed by atoms with Crippen LogP contribution in [0, 0.1) is 6.42 Å². The highest BCUT2D eigenvalue weighted by atomic mass is 16.3. The van der Waals surface area contributed by atoms with Gasteiger partial charge < -0.3 is 10.8 Å². The van der Waals surface area contributed by atoms with Crippen molar-refractivity contribution in [1.29, 1.82) is 0 Å². The number of nitrogens with two attached hydrogens (primary N) is 1. The molecule has 0 aromatic heterocycles. The van der Waals surface area contributed by atoms with E-state index in [1.807, 2.05) is 48.5 Å². The Balaban J connectivity index is 1.54. The molecule has 2 aromatic rings. The van der Waals surface area contributed by atoms with Crippen LogP contribution in [-0.4, -0.2) is 52.1 Å². The molecule has 0 spiro atoms. The minimum absolute atomic E-state index is 0.285. The first-order valence-electron chi connectivity index (χ1n) is 9.98. The van der Waals surface area contributed by atoms with E-state index in [2.05, 4.69) is 17.0 Å². The van der Waals surface area contributed by atoms with Gasteiger partial charge in [0.05, 0.1) is 0 Å². The van der Waals surface area contributed by atoms with Crippen molar-refractivity contribution in [2.45, 2.75) is 38.0 Å². The summed E-state index contributed by atoms with van der Waals surface area (Å²) >= 11 is 0. The Morgan fingerprint density at radius 3 is 2.14 bits per heavy atom. The van der Waals surface area contributed by atoms with E-state index in [9.17, 15) is 14.7 Å². The lowest BCUT2D eigenvalue weighted by atomic mass is 10.0. The van der Waals surface area contributed by atoms with Crippen molar-refractivity contribution in [3.8, 4) is 0 Å². The molecule has 6 heteroatoms. The number of nitrogens with zero attached hydrogens (tertiary/aromatic N) is 2. The summed E-state index contributed by atoms with van der Waals surface area (Å²) in [4.78, 5) is 28.0. The summed E-state index contributed by atoms with van der Waals surface area (Å²) in [6, 6.07) is 18.7. The molecule has 3 rings (SSSR count). The van der Waals surface area contributed by atoms with Crippen LogP contribution in [0.4, 0.5) is 4.79 Å². The summed E-state index contributed by atoms with van der Waals surface area (Å²) in [5, 5.41) is 10.3. The van der Waals surface area contributed by atoms with Crippen LogP contribution in [0.3, 0.4) is 0 Å². The number of hydrogen-bond donors (Lipinski definition) is 2. The number of piperidine rings is 1. The fourth-order valence-electron chi connectivity index (χ4n) is 3.75. The summed E-state index contributed by atoms with van der Waals surface area (Å²) in [6.07, 6.45) is 1.89. The van der Waals surface area contributed by atoms with E-state index < -0.39 is 18.0 Å². The number of imide groups is 1. The van der Waals surface area contributed by atoms with Gasteiger partial charge in [0.15, 0.2) is 0 Å². The lowest BCUT2D eigenvalue weighted by molar-refractivity contribution is -0.138. The summed E-state index contributed by atoms with van der Waals surface area (Å²) in [7, 11) is 0. The van der Waals surface area contributed by atoms with E-state index in [-0.39, 0.29) is 6.04 Å². The normalized spacial score (nSPS) is 16.3. The zero-order valence-electron chi connectivity index (χ0n) is 16.5. The monoisotopic (exact) mass is 394 g/mol. The molecule has 6 nitrogen and oxygen atoms in total. The summed E-state index contributed by atoms with van der Waals surface area (Å²) in [5.74, 6) is -0.644. The number of likely N-dealkylation sites (tertiary alicyclic amines) is 1. The standard InChI is InChI=1S/C23H28N3O3/c24-23(29)26(22(28)21(27)12-11-18-7-3-1-4-8-18)20-13-15-25(16-14-20)17-19-9-5-2-6-10-19/h1-10,12,20-21,27H,11,13-17H2,(H2,24,29)/t21-/m0/s1. The molecule has 1 atom stereocenters. The maximum atomic E-state index is 12.7. The van der Waals surface area contributed by atoms with Crippen molar-refractivity contribution in [2.24, 2.45) is 5.73 Å². The number of aliphatic hydroxyl groups excluding tert-OH is 1. The molecule has 1 aliphatic heterocycles. The first-order chi connectivity index (χ1) is 14.0. The van der Waals surface area contributed by atoms with Gasteiger partial charge in [-0.2, -0.15) is 0 Å². The number of carbonyl (C=O) groups is 2. The average Bonchev–Trinajstić information content (AvgIpc) is 2.74. The number of amides is 3. The molecule has 1 saturated heterocycles. The number of rotatable bonds is 7. The molecule has 153 valence electrons. The topological polar surface area (TPSA) is 86.9 Å². The second kappa shape index (κ2) is 10.2. The maximum Gasteiger partial charge on any atom is 0.321 e. The van der Waals surface area contributed by atoms with Crippen LogP contribution < -0.4 is 5.73 Å². The number of benzene rings is 2. The molecule has 0 unspecified atom stereocenters. The van der Waals surface area contributed by atoms with E-state index in [4.69, 9.17) is 5.73 Å². The van der Waals surface area contributed by atoms with Crippen molar-refractivity contribution >= 4 is 11.9 Å². The highest BCUT2D eigenvalue weighted by Crippen LogP contribution is 2.20. The van der Waals surface area contributed by atoms with Gasteiger partial charge in [-0.25, -0.2) is 4.79 Å². The number of primary amides is 1. The molecular weight excluding hydrogens is 366 g/mol. The molecule has 2 aromatic carbocycles. The molecule has 29 heavy (non-hydrogen) atoms. The fourth-order valence-corrected chi connectivity index (χ4v) is 3.75. The Kier molecular flexibility index (Phi) is 7.38. The van der Waals surface area contributed by atoms with Gasteiger partial charge in [-0.15, -0.1) is 0 Å². The van der Waals surface area contributed by atoms with Crippen LogP contribution in [0.5, 0.6) is 0 Å². The van der Waals surface area contributed by atoms with Crippen molar-refractivity contribution in [3.05, 3.63) is 78.2 Å². The van der Waals surface area contributed by atoms with E-state index in [1.54, 1.807) is 0 Å². The number of aliphatic hydroxyl groups is 1. The Bertz CT molecular complexity index is 790. The van der Waals surface area contributed by atoms with E-state index in [0.29, 0.717) is 19.3 Å². The second-order valence-electron chi connectivity index (χ2n) is 7.41. The van der Waals surface area contributed by atoms with Crippen molar-refractivity contribution in [1.82, 2.24) is 9.80 Å². The third-order valence-electron chi connectivity index (χ3n) is 5.32.